The van der Waals surface area contributed by atoms with Crippen LogP contribution in [0.5, 0.6) is 0 Å². The van der Waals surface area contributed by atoms with E-state index in [9.17, 15) is 4.79 Å². The second-order valence-corrected chi connectivity index (χ2v) is 6.86. The van der Waals surface area contributed by atoms with E-state index in [4.69, 9.17) is 9.63 Å². The summed E-state index contributed by atoms with van der Waals surface area (Å²) < 4.78 is 5.18. The van der Waals surface area contributed by atoms with Gasteiger partial charge in [-0.05, 0) is 31.1 Å². The van der Waals surface area contributed by atoms with E-state index in [0.29, 0.717) is 23.0 Å². The van der Waals surface area contributed by atoms with E-state index in [1.165, 1.54) is 24.6 Å². The normalized spacial score (nSPS) is 19.5. The average Bonchev–Trinajstić information content (AvgIpc) is 2.77. The molecule has 5 nitrogen and oxygen atoms in total. The van der Waals surface area contributed by atoms with Crippen molar-refractivity contribution in [3.8, 4) is 0 Å². The molecule has 0 amide bonds. The summed E-state index contributed by atoms with van der Waals surface area (Å²) >= 11 is 1.28. The molecule has 6 heteroatoms. The maximum absolute atomic E-state index is 10.4. The molecule has 1 heterocycles. The Balaban J connectivity index is 1.85. The van der Waals surface area contributed by atoms with Crippen LogP contribution in [0.2, 0.25) is 0 Å². The molecule has 1 fully saturated rings. The van der Waals surface area contributed by atoms with Crippen molar-refractivity contribution < 1.29 is 14.4 Å². The lowest BCUT2D eigenvalue weighted by Gasteiger charge is -2.32. The molecule has 1 aromatic rings. The van der Waals surface area contributed by atoms with Gasteiger partial charge < -0.3 is 9.63 Å². The Morgan fingerprint density at radius 2 is 2.16 bits per heavy atom. The van der Waals surface area contributed by atoms with Crippen LogP contribution in [-0.2, 0) is 10.5 Å². The SMILES string of the molecule is CC1(C)CCC(c2noc(CSCC(=O)O)n2)CC1. The molecule has 1 saturated carbocycles. The Morgan fingerprint density at radius 1 is 1.47 bits per heavy atom. The largest absolute Gasteiger partial charge is 0.481 e. The Morgan fingerprint density at radius 3 is 2.79 bits per heavy atom. The third-order valence-electron chi connectivity index (χ3n) is 3.64. The number of carbonyl (C=O) groups is 1. The average molecular weight is 284 g/mol. The zero-order valence-corrected chi connectivity index (χ0v) is 12.2. The third kappa shape index (κ3) is 4.23. The summed E-state index contributed by atoms with van der Waals surface area (Å²) in [6, 6.07) is 0. The molecule has 1 aliphatic carbocycles. The molecule has 0 radical (unpaired) electrons. The summed E-state index contributed by atoms with van der Waals surface area (Å²) in [6.45, 7) is 4.60. The Labute approximate surface area is 117 Å². The van der Waals surface area contributed by atoms with E-state index in [2.05, 4.69) is 24.0 Å². The van der Waals surface area contributed by atoms with E-state index in [1.807, 2.05) is 0 Å². The minimum atomic E-state index is -0.820. The Hall–Kier alpha value is -1.04. The van der Waals surface area contributed by atoms with Crippen molar-refractivity contribution in [2.75, 3.05) is 5.75 Å². The van der Waals surface area contributed by atoms with Gasteiger partial charge >= 0.3 is 5.97 Å². The molecule has 0 bridgehead atoms. The highest BCUT2D eigenvalue weighted by atomic mass is 32.2. The van der Waals surface area contributed by atoms with Gasteiger partial charge in [-0.25, -0.2) is 0 Å². The van der Waals surface area contributed by atoms with Gasteiger partial charge in [0.25, 0.3) is 0 Å². The van der Waals surface area contributed by atoms with Crippen molar-refractivity contribution in [2.24, 2.45) is 5.41 Å². The second-order valence-electron chi connectivity index (χ2n) is 5.87. The van der Waals surface area contributed by atoms with Gasteiger partial charge in [-0.2, -0.15) is 4.98 Å². The summed E-state index contributed by atoms with van der Waals surface area (Å²) in [5.74, 6) is 1.44. The molecule has 0 atom stereocenters. The van der Waals surface area contributed by atoms with E-state index < -0.39 is 5.97 Å². The summed E-state index contributed by atoms with van der Waals surface area (Å²) in [6.07, 6.45) is 4.59. The third-order valence-corrected chi connectivity index (χ3v) is 4.54. The zero-order valence-electron chi connectivity index (χ0n) is 11.4. The van der Waals surface area contributed by atoms with Gasteiger partial charge in [-0.3, -0.25) is 4.79 Å². The van der Waals surface area contributed by atoms with E-state index in [0.717, 1.165) is 18.7 Å². The highest BCUT2D eigenvalue weighted by Gasteiger charge is 2.30. The number of hydrogen-bond donors (Lipinski definition) is 1. The van der Waals surface area contributed by atoms with Crippen LogP contribution in [0.3, 0.4) is 0 Å². The molecule has 2 rings (SSSR count). The first-order chi connectivity index (χ1) is 8.96. The van der Waals surface area contributed by atoms with Crippen molar-refractivity contribution in [1.29, 1.82) is 0 Å². The maximum Gasteiger partial charge on any atom is 0.313 e. The molecule has 1 aromatic heterocycles. The fourth-order valence-electron chi connectivity index (χ4n) is 2.38. The van der Waals surface area contributed by atoms with Gasteiger partial charge in [-0.15, -0.1) is 11.8 Å². The molecular formula is C13H20N2O3S. The molecule has 0 spiro atoms. The fraction of sp³-hybridized carbons (Fsp3) is 0.769. The van der Waals surface area contributed by atoms with Gasteiger partial charge in [0.1, 0.15) is 0 Å². The number of hydrogen-bond acceptors (Lipinski definition) is 5. The number of nitrogens with zero attached hydrogens (tertiary/aromatic N) is 2. The number of carboxylic acid groups (broad SMARTS) is 1. The molecule has 0 saturated heterocycles. The highest BCUT2D eigenvalue weighted by molar-refractivity contribution is 7.99. The standard InChI is InChI=1S/C13H20N2O3S/c1-13(2)5-3-9(4-6-13)12-14-10(18-15-12)7-19-8-11(16)17/h9H,3-8H2,1-2H3,(H,16,17). The maximum atomic E-state index is 10.4. The topological polar surface area (TPSA) is 76.2 Å². The number of carboxylic acids is 1. The molecule has 106 valence electrons. The van der Waals surface area contributed by atoms with E-state index in [1.54, 1.807) is 0 Å². The number of thioether (sulfide) groups is 1. The van der Waals surface area contributed by atoms with Crippen LogP contribution in [0.4, 0.5) is 0 Å². The summed E-state index contributed by atoms with van der Waals surface area (Å²) in [4.78, 5) is 14.8. The predicted octanol–water partition coefficient (Wildman–Crippen LogP) is 3.07. The molecule has 0 unspecified atom stereocenters. The van der Waals surface area contributed by atoms with Gasteiger partial charge in [0.05, 0.1) is 11.5 Å². The van der Waals surface area contributed by atoms with Crippen molar-refractivity contribution >= 4 is 17.7 Å². The summed E-state index contributed by atoms with van der Waals surface area (Å²) in [5, 5.41) is 12.6. The molecule has 0 aliphatic heterocycles. The summed E-state index contributed by atoms with van der Waals surface area (Å²) in [5.41, 5.74) is 0.431. The van der Waals surface area contributed by atoms with Gasteiger partial charge in [-0.1, -0.05) is 19.0 Å². The number of aliphatic carboxylic acids is 1. The van der Waals surface area contributed by atoms with Crippen molar-refractivity contribution in [3.63, 3.8) is 0 Å². The number of rotatable bonds is 5. The van der Waals surface area contributed by atoms with Crippen molar-refractivity contribution in [2.45, 2.75) is 51.2 Å². The minimum Gasteiger partial charge on any atom is -0.481 e. The van der Waals surface area contributed by atoms with Crippen LogP contribution in [0.25, 0.3) is 0 Å². The first-order valence-electron chi connectivity index (χ1n) is 6.58. The quantitative estimate of drug-likeness (QED) is 0.895. The lowest BCUT2D eigenvalue weighted by molar-refractivity contribution is -0.133. The fourth-order valence-corrected chi connectivity index (χ4v) is 2.94. The van der Waals surface area contributed by atoms with Crippen LogP contribution < -0.4 is 0 Å². The molecule has 1 N–H and O–H groups in total. The smallest absolute Gasteiger partial charge is 0.313 e. The van der Waals surface area contributed by atoms with E-state index in [-0.39, 0.29) is 5.75 Å². The van der Waals surface area contributed by atoms with Gasteiger partial charge in [0.2, 0.25) is 5.89 Å². The zero-order chi connectivity index (χ0) is 13.9. The Bertz CT molecular complexity index is 435. The van der Waals surface area contributed by atoms with Crippen LogP contribution in [0.1, 0.15) is 57.2 Å². The molecule has 0 aromatic carbocycles. The van der Waals surface area contributed by atoms with Crippen LogP contribution in [-0.4, -0.2) is 27.0 Å². The van der Waals surface area contributed by atoms with Gasteiger partial charge in [0.15, 0.2) is 5.82 Å². The second kappa shape index (κ2) is 5.94. The monoisotopic (exact) mass is 284 g/mol. The van der Waals surface area contributed by atoms with Gasteiger partial charge in [0, 0.05) is 5.92 Å². The van der Waals surface area contributed by atoms with Crippen LogP contribution >= 0.6 is 11.8 Å². The van der Waals surface area contributed by atoms with Crippen molar-refractivity contribution in [1.82, 2.24) is 10.1 Å². The first kappa shape index (κ1) is 14.4. The Kier molecular flexibility index (Phi) is 4.50. The van der Waals surface area contributed by atoms with E-state index >= 15 is 0 Å². The van der Waals surface area contributed by atoms with Crippen molar-refractivity contribution in [3.05, 3.63) is 11.7 Å². The molecule has 1 aliphatic rings. The molecular weight excluding hydrogens is 264 g/mol. The van der Waals surface area contributed by atoms with Crippen LogP contribution in [0, 0.1) is 5.41 Å². The lowest BCUT2D eigenvalue weighted by atomic mass is 9.73. The first-order valence-corrected chi connectivity index (χ1v) is 7.74. The predicted molar refractivity (Wildman–Crippen MR) is 73.1 cm³/mol. The molecule has 19 heavy (non-hydrogen) atoms. The van der Waals surface area contributed by atoms with Crippen LogP contribution in [0.15, 0.2) is 4.52 Å². The highest BCUT2D eigenvalue weighted by Crippen LogP contribution is 2.41. The number of aromatic nitrogens is 2. The summed E-state index contributed by atoms with van der Waals surface area (Å²) in [7, 11) is 0. The lowest BCUT2D eigenvalue weighted by Crippen LogP contribution is -2.20. The minimum absolute atomic E-state index is 0.0648.